The van der Waals surface area contributed by atoms with Crippen LogP contribution < -0.4 is 11.1 Å². The fourth-order valence-corrected chi connectivity index (χ4v) is 3.14. The second-order valence-corrected chi connectivity index (χ2v) is 6.91. The van der Waals surface area contributed by atoms with Crippen LogP contribution in [0.25, 0.3) is 10.9 Å². The summed E-state index contributed by atoms with van der Waals surface area (Å²) in [6.07, 6.45) is 4.60. The average molecular weight is 435 g/mol. The van der Waals surface area contributed by atoms with Crippen LogP contribution in [-0.4, -0.2) is 46.3 Å². The summed E-state index contributed by atoms with van der Waals surface area (Å²) < 4.78 is 20.2. The van der Waals surface area contributed by atoms with Gasteiger partial charge >= 0.3 is 0 Å². The number of oxime groups is 1. The molecule has 2 heterocycles. The molecule has 0 fully saturated rings. The number of fused-ring (bicyclic) bond motifs is 1. The first-order valence-electron chi connectivity index (χ1n) is 9.86. The maximum absolute atomic E-state index is 13.5. The van der Waals surface area contributed by atoms with E-state index in [4.69, 9.17) is 15.3 Å². The van der Waals surface area contributed by atoms with E-state index in [9.17, 15) is 4.39 Å². The topological polar surface area (TPSA) is 112 Å². The number of hydrogen-bond donors (Lipinski definition) is 2. The zero-order chi connectivity index (χ0) is 22.3. The van der Waals surface area contributed by atoms with E-state index >= 15 is 0 Å². The number of nitrogens with zero attached hydrogens (tertiary/aromatic N) is 5. The van der Waals surface area contributed by atoms with Gasteiger partial charge in [-0.1, -0.05) is 17.3 Å². The van der Waals surface area contributed by atoms with Crippen LogP contribution in [0.4, 0.5) is 21.7 Å². The Labute approximate surface area is 183 Å². The highest BCUT2D eigenvalue weighted by molar-refractivity contribution is 5.93. The van der Waals surface area contributed by atoms with E-state index in [1.165, 1.54) is 24.7 Å². The van der Waals surface area contributed by atoms with E-state index in [0.29, 0.717) is 31.1 Å². The van der Waals surface area contributed by atoms with Gasteiger partial charge in [0, 0.05) is 18.2 Å². The highest BCUT2D eigenvalue weighted by atomic mass is 19.1. The maximum atomic E-state index is 13.5. The van der Waals surface area contributed by atoms with Gasteiger partial charge in [-0.15, -0.1) is 0 Å². The maximum Gasteiger partial charge on any atom is 0.144 e. The van der Waals surface area contributed by atoms with Gasteiger partial charge < -0.3 is 20.6 Å². The molecule has 4 aromatic rings. The van der Waals surface area contributed by atoms with Gasteiger partial charge in [0.1, 0.15) is 30.4 Å². The molecule has 4 rings (SSSR count). The van der Waals surface area contributed by atoms with Gasteiger partial charge in [-0.05, 0) is 35.9 Å². The molecule has 0 radical (unpaired) electrons. The third-order valence-electron chi connectivity index (χ3n) is 4.68. The van der Waals surface area contributed by atoms with Crippen molar-refractivity contribution in [3.05, 3.63) is 71.9 Å². The fourth-order valence-electron chi connectivity index (χ4n) is 3.14. The van der Waals surface area contributed by atoms with Gasteiger partial charge in [0.25, 0.3) is 0 Å². The van der Waals surface area contributed by atoms with Crippen molar-refractivity contribution >= 4 is 34.4 Å². The summed E-state index contributed by atoms with van der Waals surface area (Å²) in [4.78, 5) is 13.4. The van der Waals surface area contributed by atoms with E-state index in [0.717, 1.165) is 22.2 Å². The molecular formula is C22H22FN7O2. The van der Waals surface area contributed by atoms with E-state index < -0.39 is 0 Å². The summed E-state index contributed by atoms with van der Waals surface area (Å²) in [7, 11) is 1.58. The standard InChI is InChI=1S/C22H22FN7O2/c1-31-7-8-32-28-12-19-21(24)25-14-26-22(19)29-18-5-6-20-16(10-18)11-27-30(20)13-15-3-2-4-17(23)9-15/h2-6,9-12,14H,7-8,13H2,1H3,(H3,24,25,26,29)/b28-12+. The molecule has 9 nitrogen and oxygen atoms in total. The average Bonchev–Trinajstić information content (AvgIpc) is 3.17. The van der Waals surface area contributed by atoms with Crippen molar-refractivity contribution in [3.63, 3.8) is 0 Å². The van der Waals surface area contributed by atoms with Crippen LogP contribution in [0.3, 0.4) is 0 Å². The van der Waals surface area contributed by atoms with E-state index in [1.807, 2.05) is 28.9 Å². The van der Waals surface area contributed by atoms with Gasteiger partial charge in [-0.3, -0.25) is 4.68 Å². The quantitative estimate of drug-likeness (QED) is 0.236. The molecule has 0 saturated carbocycles. The Bertz CT molecular complexity index is 1240. The molecule has 0 unspecified atom stereocenters. The lowest BCUT2D eigenvalue weighted by molar-refractivity contribution is 0.0760. The van der Waals surface area contributed by atoms with Gasteiger partial charge in [0.05, 0.1) is 36.6 Å². The first-order valence-corrected chi connectivity index (χ1v) is 9.86. The monoisotopic (exact) mass is 435 g/mol. The zero-order valence-electron chi connectivity index (χ0n) is 17.4. The Balaban J connectivity index is 1.53. The number of nitrogens with two attached hydrogens (primary N) is 1. The number of benzene rings is 2. The highest BCUT2D eigenvalue weighted by Crippen LogP contribution is 2.24. The van der Waals surface area contributed by atoms with Crippen LogP contribution in [0.5, 0.6) is 0 Å². The minimum Gasteiger partial charge on any atom is -0.393 e. The molecule has 2 aromatic carbocycles. The van der Waals surface area contributed by atoms with Crippen LogP contribution in [0.15, 0.2) is 60.1 Å². The number of hydrogen-bond acceptors (Lipinski definition) is 8. The number of nitrogen functional groups attached to an aromatic ring is 1. The summed E-state index contributed by atoms with van der Waals surface area (Å²) in [6, 6.07) is 12.3. The SMILES string of the molecule is COCCO/N=C/c1c(N)ncnc1Nc1ccc2c(cnn2Cc2cccc(F)c2)c1. The van der Waals surface area contributed by atoms with Crippen molar-refractivity contribution in [1.29, 1.82) is 0 Å². The van der Waals surface area contributed by atoms with Crippen molar-refractivity contribution in [2.75, 3.05) is 31.4 Å². The van der Waals surface area contributed by atoms with Gasteiger partial charge in [0.15, 0.2) is 0 Å². The Morgan fingerprint density at radius 3 is 2.94 bits per heavy atom. The molecule has 0 spiro atoms. The van der Waals surface area contributed by atoms with Crippen LogP contribution in [0, 0.1) is 5.82 Å². The Kier molecular flexibility index (Phi) is 6.52. The fraction of sp³-hybridized carbons (Fsp3) is 0.182. The number of anilines is 3. The second kappa shape index (κ2) is 9.84. The molecule has 3 N–H and O–H groups in total. The minimum atomic E-state index is -0.266. The lowest BCUT2D eigenvalue weighted by Gasteiger charge is -2.10. The Morgan fingerprint density at radius 2 is 2.09 bits per heavy atom. The Morgan fingerprint density at radius 1 is 1.19 bits per heavy atom. The van der Waals surface area contributed by atoms with Crippen molar-refractivity contribution in [2.45, 2.75) is 6.54 Å². The predicted octanol–water partition coefficient (Wildman–Crippen LogP) is 3.34. The number of halogens is 1. The van der Waals surface area contributed by atoms with Crippen molar-refractivity contribution in [2.24, 2.45) is 5.16 Å². The smallest absolute Gasteiger partial charge is 0.144 e. The van der Waals surface area contributed by atoms with Crippen LogP contribution in [-0.2, 0) is 16.1 Å². The third kappa shape index (κ3) is 4.98. The molecule has 0 bridgehead atoms. The van der Waals surface area contributed by atoms with Gasteiger partial charge in [-0.2, -0.15) is 5.10 Å². The molecule has 0 aliphatic rings. The third-order valence-corrected chi connectivity index (χ3v) is 4.68. The van der Waals surface area contributed by atoms with E-state index in [1.54, 1.807) is 19.4 Å². The molecule has 32 heavy (non-hydrogen) atoms. The van der Waals surface area contributed by atoms with Gasteiger partial charge in [-0.25, -0.2) is 14.4 Å². The molecule has 0 aliphatic carbocycles. The number of aromatic nitrogens is 4. The predicted molar refractivity (Wildman–Crippen MR) is 120 cm³/mol. The Hall–Kier alpha value is -4.05. The summed E-state index contributed by atoms with van der Waals surface area (Å²) in [6.45, 7) is 1.22. The number of ether oxygens (including phenoxy) is 1. The van der Waals surface area contributed by atoms with Crippen LogP contribution in [0.2, 0.25) is 0 Å². The molecule has 0 amide bonds. The summed E-state index contributed by atoms with van der Waals surface area (Å²) in [5, 5.41) is 12.5. The summed E-state index contributed by atoms with van der Waals surface area (Å²) >= 11 is 0. The van der Waals surface area contributed by atoms with Gasteiger partial charge in [0.2, 0.25) is 0 Å². The molecule has 2 aromatic heterocycles. The highest BCUT2D eigenvalue weighted by Gasteiger charge is 2.10. The van der Waals surface area contributed by atoms with E-state index in [-0.39, 0.29) is 11.6 Å². The molecule has 0 atom stereocenters. The van der Waals surface area contributed by atoms with Crippen molar-refractivity contribution < 1.29 is 14.0 Å². The zero-order valence-corrected chi connectivity index (χ0v) is 17.4. The number of rotatable bonds is 9. The van der Waals surface area contributed by atoms with Crippen LogP contribution >= 0.6 is 0 Å². The minimum absolute atomic E-state index is 0.266. The largest absolute Gasteiger partial charge is 0.393 e. The second-order valence-electron chi connectivity index (χ2n) is 6.91. The normalized spacial score (nSPS) is 11.3. The first-order chi connectivity index (χ1) is 15.6. The lowest BCUT2D eigenvalue weighted by atomic mass is 10.2. The number of methoxy groups -OCH3 is 1. The van der Waals surface area contributed by atoms with E-state index in [2.05, 4.69) is 25.5 Å². The lowest BCUT2D eigenvalue weighted by Crippen LogP contribution is -2.05. The first kappa shape index (κ1) is 21.2. The van der Waals surface area contributed by atoms with Crippen molar-refractivity contribution in [1.82, 2.24) is 19.7 Å². The van der Waals surface area contributed by atoms with Crippen molar-refractivity contribution in [3.8, 4) is 0 Å². The molecule has 0 aliphatic heterocycles. The summed E-state index contributed by atoms with van der Waals surface area (Å²) in [5.41, 5.74) is 9.05. The molecule has 0 saturated heterocycles. The molecule has 164 valence electrons. The number of nitrogens with one attached hydrogen (secondary N) is 1. The van der Waals surface area contributed by atoms with Crippen LogP contribution in [0.1, 0.15) is 11.1 Å². The molecule has 10 heteroatoms. The molecular weight excluding hydrogens is 413 g/mol. The summed E-state index contributed by atoms with van der Waals surface area (Å²) in [5.74, 6) is 0.492.